The Balaban J connectivity index is 2.45. The van der Waals surface area contributed by atoms with Crippen LogP contribution in [0, 0.1) is 11.2 Å². The van der Waals surface area contributed by atoms with Crippen LogP contribution >= 0.6 is 0 Å². The summed E-state index contributed by atoms with van der Waals surface area (Å²) in [5.41, 5.74) is 5.81. The molecule has 0 fully saturated rings. The van der Waals surface area contributed by atoms with E-state index in [0.29, 0.717) is 6.54 Å². The van der Waals surface area contributed by atoms with Crippen LogP contribution < -0.4 is 11.1 Å². The summed E-state index contributed by atoms with van der Waals surface area (Å²) in [5.74, 6) is -0.543. The van der Waals surface area contributed by atoms with E-state index in [4.69, 9.17) is 5.73 Å². The van der Waals surface area contributed by atoms with Crippen LogP contribution in [0.5, 0.6) is 0 Å². The van der Waals surface area contributed by atoms with Gasteiger partial charge in [0.25, 0.3) is 0 Å². The van der Waals surface area contributed by atoms with Gasteiger partial charge in [-0.3, -0.25) is 4.79 Å². The highest BCUT2D eigenvalue weighted by Gasteiger charge is 2.24. The van der Waals surface area contributed by atoms with Crippen molar-refractivity contribution in [3.8, 4) is 0 Å². The Morgan fingerprint density at radius 3 is 2.44 bits per heavy atom. The lowest BCUT2D eigenvalue weighted by molar-refractivity contribution is -0.125. The fourth-order valence-electron chi connectivity index (χ4n) is 1.56. The molecule has 0 saturated carbocycles. The van der Waals surface area contributed by atoms with E-state index >= 15 is 0 Å². The second kappa shape index (κ2) is 5.96. The van der Waals surface area contributed by atoms with Crippen LogP contribution in [-0.2, 0) is 11.2 Å². The van der Waals surface area contributed by atoms with Crippen LogP contribution in [0.15, 0.2) is 24.3 Å². The van der Waals surface area contributed by atoms with Gasteiger partial charge in [0.15, 0.2) is 0 Å². The molecule has 3 nitrogen and oxygen atoms in total. The molecule has 0 spiro atoms. The second-order valence-electron chi connectivity index (χ2n) is 5.36. The predicted octanol–water partition coefficient (Wildman–Crippen LogP) is 1.86. The average molecular weight is 252 g/mol. The maximum atomic E-state index is 12.8. The van der Waals surface area contributed by atoms with Gasteiger partial charge in [0.1, 0.15) is 5.82 Å². The van der Waals surface area contributed by atoms with Crippen molar-refractivity contribution >= 4 is 5.91 Å². The molecule has 1 aromatic carbocycles. The summed E-state index contributed by atoms with van der Waals surface area (Å²) in [6.07, 6.45) is 0.787. The molecule has 0 aliphatic rings. The van der Waals surface area contributed by atoms with Crippen molar-refractivity contribution < 1.29 is 9.18 Å². The third kappa shape index (κ3) is 4.45. The molecule has 0 aromatic heterocycles. The summed E-state index contributed by atoms with van der Waals surface area (Å²) in [6, 6.07) is 6.65. The molecular weight excluding hydrogens is 231 g/mol. The number of benzene rings is 1. The SMILES string of the molecule is CC(Cc1ccc(F)cc1)NCC(C)(C)C(N)=O. The number of nitrogens with one attached hydrogen (secondary N) is 1. The molecule has 3 N–H and O–H groups in total. The van der Waals surface area contributed by atoms with Gasteiger partial charge in [-0.1, -0.05) is 12.1 Å². The first-order valence-corrected chi connectivity index (χ1v) is 6.09. The summed E-state index contributed by atoms with van der Waals surface area (Å²) in [5, 5.41) is 3.27. The van der Waals surface area contributed by atoms with Crippen LogP contribution in [0.2, 0.25) is 0 Å². The van der Waals surface area contributed by atoms with Gasteiger partial charge in [0, 0.05) is 12.6 Å². The van der Waals surface area contributed by atoms with Crippen LogP contribution in [-0.4, -0.2) is 18.5 Å². The Morgan fingerprint density at radius 2 is 1.94 bits per heavy atom. The van der Waals surface area contributed by atoms with E-state index in [-0.39, 0.29) is 17.8 Å². The third-order valence-electron chi connectivity index (χ3n) is 3.01. The summed E-state index contributed by atoms with van der Waals surface area (Å²) < 4.78 is 12.8. The fraction of sp³-hybridized carbons (Fsp3) is 0.500. The molecule has 18 heavy (non-hydrogen) atoms. The molecule has 1 aromatic rings. The maximum Gasteiger partial charge on any atom is 0.224 e. The quantitative estimate of drug-likeness (QED) is 0.812. The second-order valence-corrected chi connectivity index (χ2v) is 5.36. The number of carbonyl (C=O) groups is 1. The van der Waals surface area contributed by atoms with Crippen molar-refractivity contribution in [3.05, 3.63) is 35.6 Å². The summed E-state index contributed by atoms with van der Waals surface area (Å²) in [6.45, 7) is 6.19. The zero-order chi connectivity index (χ0) is 13.8. The first kappa shape index (κ1) is 14.6. The molecule has 1 amide bonds. The fourth-order valence-corrected chi connectivity index (χ4v) is 1.56. The van der Waals surface area contributed by atoms with E-state index in [2.05, 4.69) is 5.32 Å². The minimum atomic E-state index is -0.558. The standard InChI is InChI=1S/C14H21FN2O/c1-10(17-9-14(2,3)13(16)18)8-11-4-6-12(15)7-5-11/h4-7,10,17H,8-9H2,1-3H3,(H2,16,18). The number of carbonyl (C=O) groups excluding carboxylic acids is 1. The highest BCUT2D eigenvalue weighted by molar-refractivity contribution is 5.80. The Labute approximate surface area is 108 Å². The highest BCUT2D eigenvalue weighted by Crippen LogP contribution is 2.13. The molecule has 0 saturated heterocycles. The largest absolute Gasteiger partial charge is 0.369 e. The topological polar surface area (TPSA) is 55.1 Å². The average Bonchev–Trinajstić information content (AvgIpc) is 2.29. The number of amides is 1. The molecule has 100 valence electrons. The van der Waals surface area contributed by atoms with E-state index in [1.807, 2.05) is 20.8 Å². The molecule has 0 bridgehead atoms. The molecule has 4 heteroatoms. The summed E-state index contributed by atoms with van der Waals surface area (Å²) in [7, 11) is 0. The molecule has 1 rings (SSSR count). The Kier molecular flexibility index (Phi) is 4.84. The van der Waals surface area contributed by atoms with Crippen molar-refractivity contribution in [2.45, 2.75) is 33.2 Å². The van der Waals surface area contributed by atoms with Crippen LogP contribution in [0.1, 0.15) is 26.3 Å². The lowest BCUT2D eigenvalue weighted by atomic mass is 9.92. The van der Waals surface area contributed by atoms with Crippen molar-refractivity contribution in [1.29, 1.82) is 0 Å². The van der Waals surface area contributed by atoms with Crippen LogP contribution in [0.25, 0.3) is 0 Å². The molecule has 0 heterocycles. The Morgan fingerprint density at radius 1 is 1.39 bits per heavy atom. The number of halogens is 1. The molecule has 0 aliphatic heterocycles. The van der Waals surface area contributed by atoms with Gasteiger partial charge in [-0.25, -0.2) is 4.39 Å². The zero-order valence-corrected chi connectivity index (χ0v) is 11.2. The molecule has 0 radical (unpaired) electrons. The number of nitrogens with two attached hydrogens (primary N) is 1. The monoisotopic (exact) mass is 252 g/mol. The van der Waals surface area contributed by atoms with Crippen molar-refractivity contribution in [2.24, 2.45) is 11.1 Å². The van der Waals surface area contributed by atoms with E-state index in [0.717, 1.165) is 12.0 Å². The summed E-state index contributed by atoms with van der Waals surface area (Å²) >= 11 is 0. The lowest BCUT2D eigenvalue weighted by Gasteiger charge is -2.24. The van der Waals surface area contributed by atoms with Gasteiger partial charge in [-0.15, -0.1) is 0 Å². The first-order chi connectivity index (χ1) is 8.31. The first-order valence-electron chi connectivity index (χ1n) is 6.09. The van der Waals surface area contributed by atoms with Crippen molar-refractivity contribution in [1.82, 2.24) is 5.32 Å². The molecular formula is C14H21FN2O. The predicted molar refractivity (Wildman–Crippen MR) is 70.5 cm³/mol. The van der Waals surface area contributed by atoms with Gasteiger partial charge < -0.3 is 11.1 Å². The van der Waals surface area contributed by atoms with E-state index in [1.54, 1.807) is 12.1 Å². The number of hydrogen-bond acceptors (Lipinski definition) is 2. The summed E-state index contributed by atoms with van der Waals surface area (Å²) in [4.78, 5) is 11.2. The van der Waals surface area contributed by atoms with Crippen molar-refractivity contribution in [2.75, 3.05) is 6.54 Å². The number of hydrogen-bond donors (Lipinski definition) is 2. The zero-order valence-electron chi connectivity index (χ0n) is 11.2. The number of rotatable bonds is 6. The molecule has 0 aliphatic carbocycles. The third-order valence-corrected chi connectivity index (χ3v) is 3.01. The smallest absolute Gasteiger partial charge is 0.224 e. The van der Waals surface area contributed by atoms with Gasteiger partial charge in [-0.2, -0.15) is 0 Å². The van der Waals surface area contributed by atoms with Crippen molar-refractivity contribution in [3.63, 3.8) is 0 Å². The van der Waals surface area contributed by atoms with Gasteiger partial charge in [-0.05, 0) is 44.9 Å². The molecule has 1 atom stereocenters. The minimum absolute atomic E-state index is 0.203. The molecule has 1 unspecified atom stereocenters. The Bertz CT molecular complexity index is 401. The lowest BCUT2D eigenvalue weighted by Crippen LogP contribution is -2.43. The normalized spacial score (nSPS) is 13.3. The maximum absolute atomic E-state index is 12.8. The van der Waals surface area contributed by atoms with Gasteiger partial charge in [0.05, 0.1) is 5.41 Å². The van der Waals surface area contributed by atoms with Gasteiger partial charge >= 0.3 is 0 Å². The minimum Gasteiger partial charge on any atom is -0.369 e. The Hall–Kier alpha value is -1.42. The number of primary amides is 1. The highest BCUT2D eigenvalue weighted by atomic mass is 19.1. The van der Waals surface area contributed by atoms with E-state index < -0.39 is 5.41 Å². The van der Waals surface area contributed by atoms with E-state index in [1.165, 1.54) is 12.1 Å². The van der Waals surface area contributed by atoms with Gasteiger partial charge in [0.2, 0.25) is 5.91 Å². The van der Waals surface area contributed by atoms with Crippen LogP contribution in [0.3, 0.4) is 0 Å². The van der Waals surface area contributed by atoms with E-state index in [9.17, 15) is 9.18 Å². The van der Waals surface area contributed by atoms with Crippen LogP contribution in [0.4, 0.5) is 4.39 Å².